The summed E-state index contributed by atoms with van der Waals surface area (Å²) in [5, 5.41) is 20.5. The third-order valence-corrected chi connectivity index (χ3v) is 7.18. The number of benzene rings is 2. The number of aliphatic carboxylic acids is 2. The number of nitrogens with two attached hydrogens (primary N) is 1. The largest absolute Gasteiger partial charge is 0.497 e. The van der Waals surface area contributed by atoms with Crippen molar-refractivity contribution in [2.24, 2.45) is 5.14 Å². The number of hydrogen-bond acceptors (Lipinski definition) is 10. The molecule has 4 rings (SSSR count). The number of carbonyl (C=O) groups is 3. The minimum atomic E-state index is -4.09. The van der Waals surface area contributed by atoms with E-state index in [-0.39, 0.29) is 17.8 Å². The third-order valence-electron chi connectivity index (χ3n) is 6.76. The quantitative estimate of drug-likeness (QED) is 0.272. The van der Waals surface area contributed by atoms with E-state index >= 15 is 0 Å². The van der Waals surface area contributed by atoms with E-state index < -0.39 is 22.2 Å². The van der Waals surface area contributed by atoms with Gasteiger partial charge >= 0.3 is 28.3 Å². The number of carboxylic acid groups (broad SMARTS) is 2. The third kappa shape index (κ3) is 10.9. The summed E-state index contributed by atoms with van der Waals surface area (Å²) in [7, 11) is 1.01. The number of nitrogens with zero attached hydrogens (tertiary/aromatic N) is 4. The van der Waals surface area contributed by atoms with Gasteiger partial charge in [0.1, 0.15) is 23.6 Å². The number of methoxy groups -OCH3 is 2. The standard InChI is InChI=1S/C25H31N5O6S.C4H4O4/c1-28(20-8-10-29(11-9-20)15-18-12-22(34-2)14-23(13-18)35-3)25(31)30-16-24(27-17-30)19-4-6-21(7-5-19)36-37(26,32)33;5-3(6)1-2-4(7)8/h4-7,12-14,16-17,20H,8-11,15H2,1-3H3,(H2,26,32,33);1-2H,(H,5,6)(H,7,8). The minimum Gasteiger partial charge on any atom is -0.497 e. The number of rotatable bonds is 10. The zero-order valence-corrected chi connectivity index (χ0v) is 25.7. The maximum absolute atomic E-state index is 13.1. The lowest BCUT2D eigenvalue weighted by atomic mass is 10.0. The number of likely N-dealkylation sites (tertiary alicyclic amines) is 1. The molecule has 0 saturated carbocycles. The lowest BCUT2D eigenvalue weighted by molar-refractivity contribution is -0.134. The van der Waals surface area contributed by atoms with Crippen LogP contribution < -0.4 is 18.8 Å². The molecular formula is C29H35N5O10S. The van der Waals surface area contributed by atoms with Crippen molar-refractivity contribution in [3.63, 3.8) is 0 Å². The predicted octanol–water partition coefficient (Wildman–Crippen LogP) is 2.43. The summed E-state index contributed by atoms with van der Waals surface area (Å²) in [6.45, 7) is 2.51. The molecule has 0 spiro atoms. The molecule has 1 saturated heterocycles. The van der Waals surface area contributed by atoms with Crippen molar-refractivity contribution >= 4 is 28.3 Å². The Kier molecular flexibility index (Phi) is 12.1. The molecule has 4 N–H and O–H groups in total. The molecule has 0 unspecified atom stereocenters. The molecule has 0 bridgehead atoms. The topological polar surface area (TPSA) is 204 Å². The van der Waals surface area contributed by atoms with Crippen LogP contribution in [0.2, 0.25) is 0 Å². The molecule has 16 heteroatoms. The van der Waals surface area contributed by atoms with Gasteiger partial charge in [0.05, 0.1) is 19.9 Å². The molecule has 15 nitrogen and oxygen atoms in total. The monoisotopic (exact) mass is 645 g/mol. The second-order valence-electron chi connectivity index (χ2n) is 9.90. The first-order valence-electron chi connectivity index (χ1n) is 13.5. The fourth-order valence-electron chi connectivity index (χ4n) is 4.55. The Bertz CT molecular complexity index is 1580. The van der Waals surface area contributed by atoms with E-state index in [2.05, 4.69) is 14.1 Å². The van der Waals surface area contributed by atoms with Gasteiger partial charge in [-0.1, -0.05) is 0 Å². The fraction of sp³-hybridized carbons (Fsp3) is 0.310. The summed E-state index contributed by atoms with van der Waals surface area (Å²) in [6, 6.07) is 12.1. The van der Waals surface area contributed by atoms with Gasteiger partial charge in [-0.05, 0) is 54.8 Å². The Labute approximate surface area is 260 Å². The Hall–Kier alpha value is -4.93. The number of carboxylic acids is 2. The normalized spacial score (nSPS) is 13.9. The second kappa shape index (κ2) is 15.7. The van der Waals surface area contributed by atoms with E-state index in [9.17, 15) is 22.8 Å². The first-order valence-corrected chi connectivity index (χ1v) is 15.0. The highest BCUT2D eigenvalue weighted by Crippen LogP contribution is 2.26. The van der Waals surface area contributed by atoms with Crippen molar-refractivity contribution in [2.45, 2.75) is 25.4 Å². The number of carbonyl (C=O) groups excluding carboxylic acids is 1. The Morgan fingerprint density at radius 3 is 2.02 bits per heavy atom. The summed E-state index contributed by atoms with van der Waals surface area (Å²) in [4.78, 5) is 40.7. The van der Waals surface area contributed by atoms with E-state index in [1.165, 1.54) is 23.0 Å². The molecule has 2 aromatic carbocycles. The number of piperidine rings is 1. The molecule has 2 heterocycles. The Morgan fingerprint density at radius 1 is 0.978 bits per heavy atom. The second-order valence-corrected chi connectivity index (χ2v) is 11.1. The SMILES string of the molecule is COc1cc(CN2CCC(N(C)C(=O)n3cnc(-c4ccc(OS(N)(=O)=O)cc4)c3)CC2)cc(OC)c1.O=C(O)C=CC(=O)O. The van der Waals surface area contributed by atoms with Crippen LogP contribution in [-0.4, -0.2) is 96.4 Å². The Balaban J connectivity index is 0.000000610. The molecule has 0 atom stereocenters. The van der Waals surface area contributed by atoms with Crippen LogP contribution in [0.5, 0.6) is 17.2 Å². The number of ether oxygens (including phenoxy) is 2. The summed E-state index contributed by atoms with van der Waals surface area (Å²) in [5.41, 5.74) is 2.40. The fourth-order valence-corrected chi connectivity index (χ4v) is 4.93. The van der Waals surface area contributed by atoms with Crippen LogP contribution in [0.1, 0.15) is 18.4 Å². The van der Waals surface area contributed by atoms with Gasteiger partial charge in [-0.3, -0.25) is 9.47 Å². The smallest absolute Gasteiger partial charge is 0.380 e. The summed E-state index contributed by atoms with van der Waals surface area (Å²) < 4.78 is 39.0. The van der Waals surface area contributed by atoms with Crippen molar-refractivity contribution in [3.8, 4) is 28.5 Å². The molecule has 242 valence electrons. The maximum atomic E-state index is 13.1. The highest BCUT2D eigenvalue weighted by molar-refractivity contribution is 7.84. The molecule has 1 amide bonds. The lowest BCUT2D eigenvalue weighted by Gasteiger charge is -2.36. The number of imidazole rings is 1. The molecular weight excluding hydrogens is 610 g/mol. The number of hydrogen-bond donors (Lipinski definition) is 3. The molecule has 3 aromatic rings. The average Bonchev–Trinajstić information content (AvgIpc) is 3.50. The average molecular weight is 646 g/mol. The molecule has 45 heavy (non-hydrogen) atoms. The van der Waals surface area contributed by atoms with Crippen molar-refractivity contribution in [3.05, 3.63) is 72.7 Å². The van der Waals surface area contributed by atoms with Crippen LogP contribution >= 0.6 is 0 Å². The van der Waals surface area contributed by atoms with Gasteiger partial charge in [0.15, 0.2) is 0 Å². The van der Waals surface area contributed by atoms with Gasteiger partial charge in [0, 0.05) is 62.7 Å². The van der Waals surface area contributed by atoms with Gasteiger partial charge in [0.25, 0.3) is 0 Å². The summed E-state index contributed by atoms with van der Waals surface area (Å²) in [5.74, 6) is -0.887. The highest BCUT2D eigenvalue weighted by Gasteiger charge is 2.26. The number of amides is 1. The Morgan fingerprint density at radius 2 is 1.53 bits per heavy atom. The molecule has 1 fully saturated rings. The first kappa shape index (κ1) is 34.6. The molecule has 0 aliphatic carbocycles. The van der Waals surface area contributed by atoms with E-state index in [4.69, 9.17) is 24.8 Å². The molecule has 1 aliphatic rings. The molecule has 1 aromatic heterocycles. The predicted molar refractivity (Wildman–Crippen MR) is 162 cm³/mol. The van der Waals surface area contributed by atoms with Crippen molar-refractivity contribution in [1.29, 1.82) is 0 Å². The molecule has 0 radical (unpaired) electrons. The van der Waals surface area contributed by atoms with Crippen LogP contribution in [0.15, 0.2) is 67.1 Å². The van der Waals surface area contributed by atoms with Gasteiger partial charge in [-0.25, -0.2) is 19.4 Å². The van der Waals surface area contributed by atoms with Crippen molar-refractivity contribution in [2.75, 3.05) is 34.4 Å². The van der Waals surface area contributed by atoms with Crippen LogP contribution in [0.4, 0.5) is 4.79 Å². The first-order chi connectivity index (χ1) is 21.3. The minimum absolute atomic E-state index is 0.0957. The summed E-state index contributed by atoms with van der Waals surface area (Å²) >= 11 is 0. The summed E-state index contributed by atoms with van der Waals surface area (Å²) in [6.07, 6.45) is 5.96. The lowest BCUT2D eigenvalue weighted by Crippen LogP contribution is -2.46. The zero-order valence-electron chi connectivity index (χ0n) is 24.9. The van der Waals surface area contributed by atoms with E-state index in [1.807, 2.05) is 25.2 Å². The zero-order chi connectivity index (χ0) is 33.1. The van der Waals surface area contributed by atoms with Crippen molar-refractivity contribution < 1.29 is 46.7 Å². The van der Waals surface area contributed by atoms with Gasteiger partial charge in [0.2, 0.25) is 0 Å². The highest BCUT2D eigenvalue weighted by atomic mass is 32.2. The van der Waals surface area contributed by atoms with Gasteiger partial charge in [-0.2, -0.15) is 13.6 Å². The molecule has 1 aliphatic heterocycles. The van der Waals surface area contributed by atoms with Crippen LogP contribution in [0, 0.1) is 0 Å². The number of aromatic nitrogens is 2. The van der Waals surface area contributed by atoms with Gasteiger partial charge < -0.3 is 28.8 Å². The maximum Gasteiger partial charge on any atom is 0.380 e. The van der Waals surface area contributed by atoms with E-state index in [1.54, 1.807) is 37.4 Å². The van der Waals surface area contributed by atoms with Crippen LogP contribution in [-0.2, 0) is 26.4 Å². The van der Waals surface area contributed by atoms with E-state index in [0.29, 0.717) is 23.4 Å². The van der Waals surface area contributed by atoms with E-state index in [0.717, 1.165) is 49.5 Å². The van der Waals surface area contributed by atoms with Crippen LogP contribution in [0.3, 0.4) is 0 Å². The van der Waals surface area contributed by atoms with Gasteiger partial charge in [-0.15, -0.1) is 0 Å². The van der Waals surface area contributed by atoms with Crippen LogP contribution in [0.25, 0.3) is 11.3 Å². The van der Waals surface area contributed by atoms with Crippen molar-refractivity contribution in [1.82, 2.24) is 19.4 Å².